The molecule has 0 saturated carbocycles. The molecule has 0 atom stereocenters. The van der Waals surface area contributed by atoms with Crippen LogP contribution in [-0.4, -0.2) is 19.8 Å². The van der Waals surface area contributed by atoms with Crippen LogP contribution in [0.2, 0.25) is 5.02 Å². The molecular weight excluding hydrogens is 408 g/mol. The third-order valence-corrected chi connectivity index (χ3v) is 5.59. The topological polar surface area (TPSA) is 76.9 Å². The molecule has 29 heavy (non-hydrogen) atoms. The molecular formula is C21H17ClN4O2S. The van der Waals surface area contributed by atoms with Gasteiger partial charge in [0, 0.05) is 5.56 Å². The lowest BCUT2D eigenvalue weighted by Gasteiger charge is -2.09. The van der Waals surface area contributed by atoms with Crippen molar-refractivity contribution in [3.05, 3.63) is 75.3 Å². The molecule has 6 nitrogen and oxygen atoms in total. The molecule has 0 radical (unpaired) electrons. The highest BCUT2D eigenvalue weighted by molar-refractivity contribution is 7.13. The first-order valence-electron chi connectivity index (χ1n) is 8.90. The molecule has 0 unspecified atom stereocenters. The Morgan fingerprint density at radius 3 is 2.72 bits per heavy atom. The third-order valence-electron chi connectivity index (χ3n) is 4.45. The number of nitrogens with zero attached hydrogens (tertiary/aromatic N) is 3. The lowest BCUT2D eigenvalue weighted by molar-refractivity contribution is -0.116. The number of hydrogen-bond donors (Lipinski definition) is 1. The molecule has 8 heteroatoms. The predicted molar refractivity (Wildman–Crippen MR) is 117 cm³/mol. The van der Waals surface area contributed by atoms with Crippen molar-refractivity contribution >= 4 is 44.9 Å². The number of carbonyl (C=O) groups excluding carboxylic acids is 1. The van der Waals surface area contributed by atoms with E-state index >= 15 is 0 Å². The summed E-state index contributed by atoms with van der Waals surface area (Å²) >= 11 is 7.25. The molecule has 2 aromatic carbocycles. The summed E-state index contributed by atoms with van der Waals surface area (Å²) in [5.41, 5.74) is 4.43. The van der Waals surface area contributed by atoms with Gasteiger partial charge in [0.05, 0.1) is 17.0 Å². The summed E-state index contributed by atoms with van der Waals surface area (Å²) in [6, 6.07) is 13.2. The largest absolute Gasteiger partial charge is 0.323 e. The number of aromatic nitrogens is 3. The number of nitrogens with one attached hydrogen (secondary N) is 1. The standard InChI is InChI=1S/C21H17ClN4O2S/c1-12-4-3-5-14(8-12)18-19-20(29-25-18)21(28)26(11-23-19)10-17(27)24-16-7-6-13(2)9-15(16)22/h3-9,11H,10H2,1-2H3,(H,24,27). The van der Waals surface area contributed by atoms with E-state index in [4.69, 9.17) is 11.6 Å². The van der Waals surface area contributed by atoms with Gasteiger partial charge in [0.15, 0.2) is 0 Å². The van der Waals surface area contributed by atoms with E-state index in [1.54, 1.807) is 12.1 Å². The summed E-state index contributed by atoms with van der Waals surface area (Å²) in [7, 11) is 0. The van der Waals surface area contributed by atoms with Crippen molar-refractivity contribution in [1.82, 2.24) is 13.9 Å². The fourth-order valence-corrected chi connectivity index (χ4v) is 4.10. The minimum absolute atomic E-state index is 0.163. The van der Waals surface area contributed by atoms with Crippen LogP contribution in [0.5, 0.6) is 0 Å². The summed E-state index contributed by atoms with van der Waals surface area (Å²) in [4.78, 5) is 29.6. The first-order chi connectivity index (χ1) is 13.9. The number of anilines is 1. The normalized spacial score (nSPS) is 11.0. The van der Waals surface area contributed by atoms with Crippen molar-refractivity contribution in [3.8, 4) is 11.3 Å². The lowest BCUT2D eigenvalue weighted by atomic mass is 10.1. The Labute approximate surface area is 176 Å². The second-order valence-electron chi connectivity index (χ2n) is 6.79. The van der Waals surface area contributed by atoms with Gasteiger partial charge in [-0.15, -0.1) is 0 Å². The summed E-state index contributed by atoms with van der Waals surface area (Å²) in [5.74, 6) is -0.359. The van der Waals surface area contributed by atoms with Crippen LogP contribution in [0.1, 0.15) is 11.1 Å². The lowest BCUT2D eigenvalue weighted by Crippen LogP contribution is -2.27. The molecule has 0 saturated heterocycles. The molecule has 4 rings (SSSR count). The SMILES string of the molecule is Cc1cccc(-c2nsc3c(=O)n(CC(=O)Nc4ccc(C)cc4Cl)cnc23)c1. The number of benzene rings is 2. The molecule has 0 spiro atoms. The van der Waals surface area contributed by atoms with Crippen LogP contribution < -0.4 is 10.9 Å². The molecule has 2 aromatic heterocycles. The van der Waals surface area contributed by atoms with Gasteiger partial charge in [-0.1, -0.05) is 41.4 Å². The van der Waals surface area contributed by atoms with Gasteiger partial charge in [-0.2, -0.15) is 4.37 Å². The number of rotatable bonds is 4. The molecule has 146 valence electrons. The Balaban J connectivity index is 1.61. The number of amides is 1. The zero-order chi connectivity index (χ0) is 20.5. The van der Waals surface area contributed by atoms with E-state index in [0.29, 0.717) is 26.6 Å². The molecule has 0 fully saturated rings. The van der Waals surface area contributed by atoms with Crippen molar-refractivity contribution in [2.45, 2.75) is 20.4 Å². The van der Waals surface area contributed by atoms with E-state index in [-0.39, 0.29) is 18.0 Å². The van der Waals surface area contributed by atoms with Gasteiger partial charge in [0.25, 0.3) is 5.56 Å². The van der Waals surface area contributed by atoms with E-state index in [1.807, 2.05) is 44.2 Å². The van der Waals surface area contributed by atoms with Crippen molar-refractivity contribution < 1.29 is 4.79 Å². The van der Waals surface area contributed by atoms with Crippen LogP contribution in [0.15, 0.2) is 53.6 Å². The monoisotopic (exact) mass is 424 g/mol. The predicted octanol–water partition coefficient (Wildman–Crippen LogP) is 4.43. The summed E-state index contributed by atoms with van der Waals surface area (Å²) in [6.07, 6.45) is 1.38. The second kappa shape index (κ2) is 7.77. The maximum absolute atomic E-state index is 12.8. The average molecular weight is 425 g/mol. The fraction of sp³-hybridized carbons (Fsp3) is 0.143. The summed E-state index contributed by atoms with van der Waals surface area (Å²) in [6.45, 7) is 3.75. The number of halogens is 1. The van der Waals surface area contributed by atoms with Gasteiger partial charge in [0.1, 0.15) is 22.5 Å². The van der Waals surface area contributed by atoms with Gasteiger partial charge in [-0.3, -0.25) is 14.2 Å². The van der Waals surface area contributed by atoms with E-state index in [1.165, 1.54) is 10.9 Å². The molecule has 0 aliphatic heterocycles. The first-order valence-corrected chi connectivity index (χ1v) is 10.1. The van der Waals surface area contributed by atoms with Gasteiger partial charge < -0.3 is 5.32 Å². The van der Waals surface area contributed by atoms with Crippen LogP contribution in [0.4, 0.5) is 5.69 Å². The van der Waals surface area contributed by atoms with E-state index in [0.717, 1.165) is 28.2 Å². The van der Waals surface area contributed by atoms with Crippen LogP contribution in [-0.2, 0) is 11.3 Å². The van der Waals surface area contributed by atoms with Gasteiger partial charge in [-0.05, 0) is 49.1 Å². The van der Waals surface area contributed by atoms with Crippen LogP contribution in [0.25, 0.3) is 21.5 Å². The Hall–Kier alpha value is -3.03. The summed E-state index contributed by atoms with van der Waals surface area (Å²) in [5, 5.41) is 3.18. The smallest absolute Gasteiger partial charge is 0.273 e. The maximum Gasteiger partial charge on any atom is 0.273 e. The highest BCUT2D eigenvalue weighted by Crippen LogP contribution is 2.28. The minimum atomic E-state index is -0.359. The molecule has 1 amide bonds. The van der Waals surface area contributed by atoms with E-state index in [9.17, 15) is 9.59 Å². The van der Waals surface area contributed by atoms with Crippen molar-refractivity contribution in [2.75, 3.05) is 5.32 Å². The number of fused-ring (bicyclic) bond motifs is 1. The minimum Gasteiger partial charge on any atom is -0.323 e. The quantitative estimate of drug-likeness (QED) is 0.525. The van der Waals surface area contributed by atoms with Gasteiger partial charge >= 0.3 is 0 Å². The fourth-order valence-electron chi connectivity index (χ4n) is 3.02. The van der Waals surface area contributed by atoms with Crippen molar-refractivity contribution in [3.63, 3.8) is 0 Å². The van der Waals surface area contributed by atoms with Crippen molar-refractivity contribution in [1.29, 1.82) is 0 Å². The molecule has 1 N–H and O–H groups in total. The highest BCUT2D eigenvalue weighted by Gasteiger charge is 2.16. The molecule has 4 aromatic rings. The zero-order valence-corrected chi connectivity index (χ0v) is 17.3. The maximum atomic E-state index is 12.8. The van der Waals surface area contributed by atoms with Crippen LogP contribution in [0.3, 0.4) is 0 Å². The van der Waals surface area contributed by atoms with E-state index in [2.05, 4.69) is 14.7 Å². The van der Waals surface area contributed by atoms with Crippen LogP contribution >= 0.6 is 23.1 Å². The molecule has 2 heterocycles. The third kappa shape index (κ3) is 3.92. The zero-order valence-electron chi connectivity index (χ0n) is 15.8. The van der Waals surface area contributed by atoms with Crippen molar-refractivity contribution in [2.24, 2.45) is 0 Å². The molecule has 0 bridgehead atoms. The average Bonchev–Trinajstić information content (AvgIpc) is 3.11. The Morgan fingerprint density at radius 1 is 1.17 bits per heavy atom. The first kappa shape index (κ1) is 19.3. The number of hydrogen-bond acceptors (Lipinski definition) is 5. The molecule has 0 aliphatic carbocycles. The second-order valence-corrected chi connectivity index (χ2v) is 7.97. The summed E-state index contributed by atoms with van der Waals surface area (Å²) < 4.78 is 6.12. The Morgan fingerprint density at radius 2 is 1.97 bits per heavy atom. The van der Waals surface area contributed by atoms with Gasteiger partial charge in [0.2, 0.25) is 5.91 Å². The van der Waals surface area contributed by atoms with E-state index < -0.39 is 0 Å². The highest BCUT2D eigenvalue weighted by atomic mass is 35.5. The Bertz CT molecular complexity index is 1300. The molecule has 0 aliphatic rings. The van der Waals surface area contributed by atoms with Gasteiger partial charge in [-0.25, -0.2) is 4.98 Å². The Kier molecular flexibility index (Phi) is 5.17. The number of aryl methyl sites for hydroxylation is 2. The van der Waals surface area contributed by atoms with Crippen LogP contribution in [0, 0.1) is 13.8 Å². The number of carbonyl (C=O) groups is 1.